The van der Waals surface area contributed by atoms with Crippen molar-refractivity contribution >= 4 is 26.6 Å². The zero-order valence-corrected chi connectivity index (χ0v) is 26.1. The molecule has 47 heavy (non-hydrogen) atoms. The average molecular weight is 661 g/mol. The molecule has 13 heteroatoms. The molecule has 0 saturated carbocycles. The van der Waals surface area contributed by atoms with Gasteiger partial charge >= 0.3 is 6.18 Å². The maximum Gasteiger partial charge on any atom is 0.416 e. The number of fused-ring (bicyclic) bond motifs is 1. The summed E-state index contributed by atoms with van der Waals surface area (Å²) in [5, 5.41) is 3.46. The molecule has 0 aliphatic heterocycles. The van der Waals surface area contributed by atoms with Gasteiger partial charge in [-0.3, -0.25) is 14.2 Å². The smallest absolute Gasteiger partial charge is 0.416 e. The number of sulfone groups is 1. The first-order valence-corrected chi connectivity index (χ1v) is 16.2. The van der Waals surface area contributed by atoms with Gasteiger partial charge < -0.3 is 14.7 Å². The van der Waals surface area contributed by atoms with E-state index < -0.39 is 33.0 Å². The molecule has 0 aliphatic rings. The number of nitrogens with zero attached hydrogens (tertiary/aromatic N) is 2. The molecule has 0 spiro atoms. The number of benzene rings is 3. The molecule has 0 aliphatic carbocycles. The first-order chi connectivity index (χ1) is 22.2. The average Bonchev–Trinajstić information content (AvgIpc) is 3.60. The predicted octanol–water partition coefficient (Wildman–Crippen LogP) is 6.61. The first-order valence-electron chi connectivity index (χ1n) is 14.3. The Morgan fingerprint density at radius 2 is 1.70 bits per heavy atom. The molecule has 6 aromatic rings. The van der Waals surface area contributed by atoms with Gasteiger partial charge in [-0.1, -0.05) is 36.4 Å². The normalized spacial score (nSPS) is 12.0. The minimum Gasteiger partial charge on any atom is -0.446 e. The van der Waals surface area contributed by atoms with Crippen LogP contribution in [-0.2, 0) is 22.6 Å². The molecule has 3 aromatic carbocycles. The van der Waals surface area contributed by atoms with Gasteiger partial charge in [-0.15, -0.1) is 0 Å². The molecule has 1 amide bonds. The fraction of sp³-hybridized carbons (Fsp3) is 0.147. The monoisotopic (exact) mass is 660 g/mol. The van der Waals surface area contributed by atoms with Gasteiger partial charge in [0.15, 0.2) is 15.7 Å². The number of oxazole rings is 1. The molecule has 0 bridgehead atoms. The van der Waals surface area contributed by atoms with Gasteiger partial charge in [0.2, 0.25) is 0 Å². The lowest BCUT2D eigenvalue weighted by Gasteiger charge is -2.19. The summed E-state index contributed by atoms with van der Waals surface area (Å²) in [7, 11) is -3.43. The Kier molecular flexibility index (Phi) is 7.88. The first kappa shape index (κ1) is 31.5. The number of nitrogens with one attached hydrogen (secondary N) is 2. The van der Waals surface area contributed by atoms with E-state index in [-0.39, 0.29) is 33.9 Å². The Morgan fingerprint density at radius 1 is 0.979 bits per heavy atom. The Hall–Kier alpha value is -5.43. The second-order valence-corrected chi connectivity index (χ2v) is 13.0. The number of aryl methyl sites for hydroxylation is 2. The summed E-state index contributed by atoms with van der Waals surface area (Å²) in [6, 6.07) is 20.6. The van der Waals surface area contributed by atoms with Gasteiger partial charge in [0.05, 0.1) is 21.8 Å². The van der Waals surface area contributed by atoms with Crippen molar-refractivity contribution in [3.8, 4) is 28.3 Å². The van der Waals surface area contributed by atoms with Crippen LogP contribution >= 0.6 is 0 Å². The highest BCUT2D eigenvalue weighted by molar-refractivity contribution is 7.90. The second kappa shape index (κ2) is 11.7. The topological polar surface area (TPSA) is 127 Å². The Labute approximate surface area is 266 Å². The van der Waals surface area contributed by atoms with Crippen molar-refractivity contribution in [3.05, 3.63) is 124 Å². The van der Waals surface area contributed by atoms with E-state index in [0.29, 0.717) is 34.1 Å². The van der Waals surface area contributed by atoms with Crippen LogP contribution in [0, 0.1) is 13.8 Å². The largest absolute Gasteiger partial charge is 0.446 e. The Bertz CT molecular complexity index is 2300. The minimum absolute atomic E-state index is 0.0624. The molecule has 240 valence electrons. The van der Waals surface area contributed by atoms with Crippen molar-refractivity contribution in [3.63, 3.8) is 0 Å². The number of rotatable bonds is 7. The van der Waals surface area contributed by atoms with Crippen molar-refractivity contribution in [2.24, 2.45) is 0 Å². The van der Waals surface area contributed by atoms with Gasteiger partial charge in [-0.05, 0) is 61.0 Å². The molecular formula is C34H27F3N4O5S. The number of alkyl halides is 3. The summed E-state index contributed by atoms with van der Waals surface area (Å²) in [5.74, 6) is -0.128. The Morgan fingerprint density at radius 3 is 2.34 bits per heavy atom. The molecule has 3 heterocycles. The van der Waals surface area contributed by atoms with E-state index in [9.17, 15) is 31.2 Å². The number of aromatic amines is 1. The molecule has 0 atom stereocenters. The van der Waals surface area contributed by atoms with Crippen LogP contribution in [0.1, 0.15) is 33.1 Å². The lowest BCUT2D eigenvalue weighted by Crippen LogP contribution is -2.33. The third kappa shape index (κ3) is 6.21. The molecule has 0 radical (unpaired) electrons. The summed E-state index contributed by atoms with van der Waals surface area (Å²) >= 11 is 0. The number of H-pyrrole nitrogens is 1. The van der Waals surface area contributed by atoms with E-state index in [0.717, 1.165) is 28.3 Å². The number of carbonyl (C=O) groups is 1. The van der Waals surface area contributed by atoms with Crippen LogP contribution in [0.4, 0.5) is 13.2 Å². The molecule has 0 saturated heterocycles. The summed E-state index contributed by atoms with van der Waals surface area (Å²) < 4.78 is 72.1. The lowest BCUT2D eigenvalue weighted by atomic mass is 10.0. The number of pyridine rings is 1. The molecule has 3 aromatic heterocycles. The van der Waals surface area contributed by atoms with E-state index in [4.69, 9.17) is 4.42 Å². The number of amides is 1. The van der Waals surface area contributed by atoms with Gasteiger partial charge in [0.1, 0.15) is 17.0 Å². The fourth-order valence-electron chi connectivity index (χ4n) is 5.41. The Balaban J connectivity index is 1.58. The third-order valence-electron chi connectivity index (χ3n) is 7.63. The van der Waals surface area contributed by atoms with E-state index >= 15 is 0 Å². The van der Waals surface area contributed by atoms with Gasteiger partial charge in [-0.2, -0.15) is 13.2 Å². The van der Waals surface area contributed by atoms with Crippen LogP contribution in [0.15, 0.2) is 99.0 Å². The second-order valence-electron chi connectivity index (χ2n) is 11.0. The van der Waals surface area contributed by atoms with Crippen LogP contribution in [0.5, 0.6) is 0 Å². The van der Waals surface area contributed by atoms with E-state index in [2.05, 4.69) is 15.3 Å². The minimum atomic E-state index is -4.70. The standard InChI is InChI=1S/C34H27F3N4O5S/c1-19-30(39-20(2)46-19)26-17-27(32(42)38-18-21-11-13-25(14-12-21)47(3,44)45)33(43)41(24-9-6-8-23(16-24)34(35,36)37)31(26)29-15-22-7-4-5-10-28(22)40-29/h4-17,40H,18H2,1-3H3,(H,38,42). The third-order valence-corrected chi connectivity index (χ3v) is 8.75. The van der Waals surface area contributed by atoms with Crippen LogP contribution < -0.4 is 10.9 Å². The molecular weight excluding hydrogens is 633 g/mol. The highest BCUT2D eigenvalue weighted by atomic mass is 32.2. The summed E-state index contributed by atoms with van der Waals surface area (Å²) in [5.41, 5.74) is 0.0802. The molecule has 0 fully saturated rings. The van der Waals surface area contributed by atoms with Crippen LogP contribution in [0.25, 0.3) is 39.2 Å². The van der Waals surface area contributed by atoms with Crippen molar-refractivity contribution in [2.75, 3.05) is 6.26 Å². The van der Waals surface area contributed by atoms with E-state index in [1.54, 1.807) is 19.9 Å². The van der Waals surface area contributed by atoms with Crippen molar-refractivity contribution in [2.45, 2.75) is 31.5 Å². The number of halogens is 3. The van der Waals surface area contributed by atoms with Gasteiger partial charge in [-0.25, -0.2) is 13.4 Å². The van der Waals surface area contributed by atoms with Crippen LogP contribution in [-0.4, -0.2) is 35.1 Å². The predicted molar refractivity (Wildman–Crippen MR) is 170 cm³/mol. The number of hydrogen-bond donors (Lipinski definition) is 2. The van der Waals surface area contributed by atoms with E-state index in [1.807, 2.05) is 24.3 Å². The summed E-state index contributed by atoms with van der Waals surface area (Å²) in [6.45, 7) is 3.22. The molecule has 0 unspecified atom stereocenters. The van der Waals surface area contributed by atoms with Gasteiger partial charge in [0, 0.05) is 41.9 Å². The van der Waals surface area contributed by atoms with Crippen molar-refractivity contribution < 1.29 is 30.8 Å². The van der Waals surface area contributed by atoms with Crippen LogP contribution in [0.3, 0.4) is 0 Å². The summed E-state index contributed by atoms with van der Waals surface area (Å²) in [4.78, 5) is 35.9. The number of para-hydroxylation sites is 1. The highest BCUT2D eigenvalue weighted by Gasteiger charge is 2.32. The molecule has 9 nitrogen and oxygen atoms in total. The SMILES string of the molecule is Cc1nc(-c2cc(C(=O)NCc3ccc(S(C)(=O)=O)cc3)c(=O)n(-c3cccc(C(F)(F)F)c3)c2-c2cc3ccccc3[nH]2)c(C)o1. The molecule has 2 N–H and O–H groups in total. The maximum atomic E-state index is 14.3. The van der Waals surface area contributed by atoms with Crippen LogP contribution in [0.2, 0.25) is 0 Å². The zero-order chi connectivity index (χ0) is 33.7. The van der Waals surface area contributed by atoms with Crippen molar-refractivity contribution in [1.82, 2.24) is 19.9 Å². The van der Waals surface area contributed by atoms with E-state index in [1.165, 1.54) is 42.5 Å². The lowest BCUT2D eigenvalue weighted by molar-refractivity contribution is -0.137. The number of aromatic nitrogens is 3. The number of hydrogen-bond acceptors (Lipinski definition) is 6. The quantitative estimate of drug-likeness (QED) is 0.199. The zero-order valence-electron chi connectivity index (χ0n) is 25.3. The fourth-order valence-corrected chi connectivity index (χ4v) is 6.04. The summed E-state index contributed by atoms with van der Waals surface area (Å²) in [6.07, 6.45) is -3.63. The highest BCUT2D eigenvalue weighted by Crippen LogP contribution is 2.37. The number of carbonyl (C=O) groups excluding carboxylic acids is 1. The maximum absolute atomic E-state index is 14.3. The molecule has 6 rings (SSSR count). The van der Waals surface area contributed by atoms with Gasteiger partial charge in [0.25, 0.3) is 11.5 Å². The van der Waals surface area contributed by atoms with Crippen molar-refractivity contribution in [1.29, 1.82) is 0 Å².